The molecule has 0 spiro atoms. The van der Waals surface area contributed by atoms with Gasteiger partial charge in [-0.25, -0.2) is 0 Å². The Morgan fingerprint density at radius 2 is 1.83 bits per heavy atom. The Kier molecular flexibility index (Phi) is 4.39. The van der Waals surface area contributed by atoms with Crippen molar-refractivity contribution in [2.45, 2.75) is 13.5 Å². The smallest absolute Gasteiger partial charge is 0.130 e. The summed E-state index contributed by atoms with van der Waals surface area (Å²) in [6.07, 6.45) is 0. The predicted molar refractivity (Wildman–Crippen MR) is 78.2 cm³/mol. The minimum Gasteiger partial charge on any atom is -0.457 e. The minimum atomic E-state index is 0.861. The van der Waals surface area contributed by atoms with Crippen molar-refractivity contribution in [3.8, 4) is 11.5 Å². The molecule has 0 bridgehead atoms. The van der Waals surface area contributed by atoms with Crippen LogP contribution in [0, 0.1) is 6.92 Å². The molecule has 0 radical (unpaired) electrons. The molecule has 2 rings (SSSR count). The normalized spacial score (nSPS) is 10.4. The maximum atomic E-state index is 5.86. The van der Waals surface area contributed by atoms with Crippen LogP contribution in [-0.2, 0) is 6.54 Å². The average Bonchev–Trinajstić information content (AvgIpc) is 2.35. The lowest BCUT2D eigenvalue weighted by molar-refractivity contribution is 0.478. The maximum absolute atomic E-state index is 5.86. The zero-order valence-electron chi connectivity index (χ0n) is 10.5. The molecule has 2 nitrogen and oxygen atoms in total. The topological polar surface area (TPSA) is 21.3 Å². The van der Waals surface area contributed by atoms with Gasteiger partial charge in [-0.1, -0.05) is 28.1 Å². The number of nitrogens with one attached hydrogen (secondary N) is 1. The van der Waals surface area contributed by atoms with Crippen molar-refractivity contribution in [3.63, 3.8) is 0 Å². The van der Waals surface area contributed by atoms with E-state index in [0.29, 0.717) is 0 Å². The molecule has 2 aromatic carbocycles. The lowest BCUT2D eigenvalue weighted by Gasteiger charge is -2.09. The van der Waals surface area contributed by atoms with Crippen molar-refractivity contribution >= 4 is 15.9 Å². The largest absolute Gasteiger partial charge is 0.457 e. The van der Waals surface area contributed by atoms with Gasteiger partial charge in [0.15, 0.2) is 0 Å². The van der Waals surface area contributed by atoms with Gasteiger partial charge in [0, 0.05) is 11.0 Å². The lowest BCUT2D eigenvalue weighted by atomic mass is 10.2. The fourth-order valence-electron chi connectivity index (χ4n) is 1.73. The van der Waals surface area contributed by atoms with Crippen LogP contribution >= 0.6 is 15.9 Å². The predicted octanol–water partition coefficient (Wildman–Crippen LogP) is 4.27. The fourth-order valence-corrected chi connectivity index (χ4v) is 2.21. The standard InChI is InChI=1S/C15H16BrNO/c1-11-9-13(16)5-8-15(11)18-14-6-3-12(4-7-14)10-17-2/h3-9,17H,10H2,1-2H3. The van der Waals surface area contributed by atoms with E-state index in [1.54, 1.807) is 0 Å². The fraction of sp³-hybridized carbons (Fsp3) is 0.200. The van der Waals surface area contributed by atoms with E-state index >= 15 is 0 Å². The molecule has 0 saturated heterocycles. The summed E-state index contributed by atoms with van der Waals surface area (Å²) in [7, 11) is 1.94. The third kappa shape index (κ3) is 3.34. The molecular formula is C15H16BrNO. The highest BCUT2D eigenvalue weighted by Gasteiger charge is 2.02. The summed E-state index contributed by atoms with van der Waals surface area (Å²) in [5.41, 5.74) is 2.36. The van der Waals surface area contributed by atoms with Crippen LogP contribution in [0.25, 0.3) is 0 Å². The molecule has 2 aromatic rings. The molecule has 0 aromatic heterocycles. The second kappa shape index (κ2) is 6.03. The van der Waals surface area contributed by atoms with Gasteiger partial charge in [0.25, 0.3) is 0 Å². The van der Waals surface area contributed by atoms with Gasteiger partial charge in [-0.15, -0.1) is 0 Å². The van der Waals surface area contributed by atoms with Crippen LogP contribution < -0.4 is 10.1 Å². The van der Waals surface area contributed by atoms with E-state index < -0.39 is 0 Å². The first-order valence-corrected chi connectivity index (χ1v) is 6.66. The Morgan fingerprint density at radius 1 is 1.11 bits per heavy atom. The minimum absolute atomic E-state index is 0.861. The Hall–Kier alpha value is -1.32. The number of halogens is 1. The van der Waals surface area contributed by atoms with E-state index in [1.807, 2.05) is 44.3 Å². The number of hydrogen-bond acceptors (Lipinski definition) is 2. The van der Waals surface area contributed by atoms with Crippen LogP contribution in [0.3, 0.4) is 0 Å². The molecule has 18 heavy (non-hydrogen) atoms. The van der Waals surface area contributed by atoms with Crippen molar-refractivity contribution < 1.29 is 4.74 Å². The molecular weight excluding hydrogens is 290 g/mol. The zero-order valence-corrected chi connectivity index (χ0v) is 12.1. The summed E-state index contributed by atoms with van der Waals surface area (Å²) in [6.45, 7) is 2.91. The summed E-state index contributed by atoms with van der Waals surface area (Å²) in [5.74, 6) is 1.75. The van der Waals surface area contributed by atoms with Crippen molar-refractivity contribution in [1.82, 2.24) is 5.32 Å². The summed E-state index contributed by atoms with van der Waals surface area (Å²) < 4.78 is 6.92. The van der Waals surface area contributed by atoms with E-state index in [4.69, 9.17) is 4.74 Å². The molecule has 0 fully saturated rings. The van der Waals surface area contributed by atoms with Gasteiger partial charge in [-0.05, 0) is 55.4 Å². The van der Waals surface area contributed by atoms with Crippen LogP contribution in [0.5, 0.6) is 11.5 Å². The molecule has 0 aliphatic carbocycles. The number of hydrogen-bond donors (Lipinski definition) is 1. The third-order valence-electron chi connectivity index (χ3n) is 2.67. The molecule has 94 valence electrons. The average molecular weight is 306 g/mol. The van der Waals surface area contributed by atoms with Gasteiger partial charge >= 0.3 is 0 Å². The first-order valence-electron chi connectivity index (χ1n) is 5.86. The summed E-state index contributed by atoms with van der Waals surface area (Å²) in [6, 6.07) is 14.1. The highest BCUT2D eigenvalue weighted by molar-refractivity contribution is 9.10. The number of ether oxygens (including phenoxy) is 1. The number of aryl methyl sites for hydroxylation is 1. The van der Waals surface area contributed by atoms with Gasteiger partial charge in [-0.2, -0.15) is 0 Å². The highest BCUT2D eigenvalue weighted by Crippen LogP contribution is 2.27. The van der Waals surface area contributed by atoms with Crippen LogP contribution in [0.4, 0.5) is 0 Å². The van der Waals surface area contributed by atoms with Crippen molar-refractivity contribution in [1.29, 1.82) is 0 Å². The Labute approximate surface area is 116 Å². The zero-order chi connectivity index (χ0) is 13.0. The van der Waals surface area contributed by atoms with Crippen LogP contribution in [-0.4, -0.2) is 7.05 Å². The van der Waals surface area contributed by atoms with E-state index in [9.17, 15) is 0 Å². The second-order valence-corrected chi connectivity index (χ2v) is 5.10. The molecule has 0 aliphatic heterocycles. The van der Waals surface area contributed by atoms with Crippen molar-refractivity contribution in [2.24, 2.45) is 0 Å². The Bertz CT molecular complexity index is 523. The first-order chi connectivity index (χ1) is 8.69. The van der Waals surface area contributed by atoms with Crippen LogP contribution in [0.15, 0.2) is 46.9 Å². The highest BCUT2D eigenvalue weighted by atomic mass is 79.9. The monoisotopic (exact) mass is 305 g/mol. The van der Waals surface area contributed by atoms with E-state index in [-0.39, 0.29) is 0 Å². The summed E-state index contributed by atoms with van der Waals surface area (Å²) in [4.78, 5) is 0. The molecule has 0 saturated carbocycles. The van der Waals surface area contributed by atoms with Gasteiger partial charge in [0.2, 0.25) is 0 Å². The van der Waals surface area contributed by atoms with Crippen LogP contribution in [0.1, 0.15) is 11.1 Å². The van der Waals surface area contributed by atoms with Crippen LogP contribution in [0.2, 0.25) is 0 Å². The van der Waals surface area contributed by atoms with Gasteiger partial charge in [0.05, 0.1) is 0 Å². The Balaban J connectivity index is 2.13. The van der Waals surface area contributed by atoms with Crippen molar-refractivity contribution in [3.05, 3.63) is 58.1 Å². The van der Waals surface area contributed by atoms with Gasteiger partial charge in [-0.3, -0.25) is 0 Å². The Morgan fingerprint density at radius 3 is 2.44 bits per heavy atom. The molecule has 0 aliphatic rings. The van der Waals surface area contributed by atoms with E-state index in [2.05, 4.69) is 33.4 Å². The lowest BCUT2D eigenvalue weighted by Crippen LogP contribution is -2.04. The molecule has 0 heterocycles. The molecule has 0 unspecified atom stereocenters. The molecule has 0 amide bonds. The number of benzene rings is 2. The number of rotatable bonds is 4. The molecule has 0 atom stereocenters. The maximum Gasteiger partial charge on any atom is 0.130 e. The van der Waals surface area contributed by atoms with E-state index in [0.717, 1.165) is 28.1 Å². The van der Waals surface area contributed by atoms with Gasteiger partial charge < -0.3 is 10.1 Å². The summed E-state index contributed by atoms with van der Waals surface area (Å²) >= 11 is 3.45. The SMILES string of the molecule is CNCc1ccc(Oc2ccc(Br)cc2C)cc1. The second-order valence-electron chi connectivity index (χ2n) is 4.19. The third-order valence-corrected chi connectivity index (χ3v) is 3.16. The quantitative estimate of drug-likeness (QED) is 0.911. The van der Waals surface area contributed by atoms with Gasteiger partial charge in [0.1, 0.15) is 11.5 Å². The molecule has 3 heteroatoms. The summed E-state index contributed by atoms with van der Waals surface area (Å²) in [5, 5.41) is 3.12. The first kappa shape index (κ1) is 13.1. The van der Waals surface area contributed by atoms with Crippen molar-refractivity contribution in [2.75, 3.05) is 7.05 Å². The van der Waals surface area contributed by atoms with E-state index in [1.165, 1.54) is 5.56 Å². The molecule has 1 N–H and O–H groups in total.